The Hall–Kier alpha value is -10.0. The van der Waals surface area contributed by atoms with Crippen LogP contribution in [0.3, 0.4) is 0 Å². The maximum atomic E-state index is 12.6. The number of rotatable bonds is 17. The molecule has 1 fully saturated rings. The van der Waals surface area contributed by atoms with Gasteiger partial charge < -0.3 is 39.0 Å². The predicted molar refractivity (Wildman–Crippen MR) is 481 cm³/mol. The molecule has 7 N–H and O–H groups in total. The number of nitrogens with two attached hydrogens (primary N) is 2. The smallest absolute Gasteiger partial charge is 0.417 e. The molecule has 7 heterocycles. The highest BCUT2D eigenvalue weighted by Crippen LogP contribution is 2.35. The molecular weight excluding hydrogens is 1950 g/mol. The number of unbranched alkanes of at least 4 members (excludes halogenated alkanes) is 1. The molecule has 1 aliphatic rings. The van der Waals surface area contributed by atoms with Gasteiger partial charge in [-0.2, -0.15) is 75.2 Å². The van der Waals surface area contributed by atoms with Gasteiger partial charge in [0.1, 0.15) is 41.6 Å². The second-order valence-electron chi connectivity index (χ2n) is 30.5. The number of carbonyl (C=O) groups excluding carboxylic acids is 3. The van der Waals surface area contributed by atoms with Crippen LogP contribution in [0.5, 0.6) is 0 Å². The lowest BCUT2D eigenvalue weighted by Crippen LogP contribution is -2.38. The Morgan fingerprint density at radius 1 is 0.569 bits per heavy atom. The van der Waals surface area contributed by atoms with Crippen LogP contribution in [0.1, 0.15) is 188 Å². The van der Waals surface area contributed by atoms with Gasteiger partial charge in [0.25, 0.3) is 0 Å². The lowest BCUT2D eigenvalue weighted by molar-refractivity contribution is -0.138. The van der Waals surface area contributed by atoms with Crippen molar-refractivity contribution >= 4 is 110 Å². The standard InChI is InChI=1S/C16H20F3N3OS.C15H16F3N3OS.C12H12F3N3.C11H7F3N2O.C9H11ClN4O2.C7H4F3I.C5H13N.C4H4N2O.C4H11NOS.ClH/c1-11(21-24(23)15(2,3)4)14-9-22(10-20-14)13-7-5-12(6-8-13)16(17,18)19;1-14(2,3)23(22)20-8-12-9-21(10-19-12)13-6-4-11(5-7-13)15(16,17)18;1-8(16)11-6-18(7-17-11)10-4-2-9(3-5-10)12(13,14)15;12-11(13,14)8-1-3-10(4-2-8)16-5-9(6-17)15-7-16;1-5(2)6-3-16-9(15)14(6)8-12-4-11-7(10)13-8;8-7(9,10)5-1-3-6(11)4-2-5;1-3-4-5-6-2;7-2-4-1-5-3-6-4;1-4(2,3)7(5)6;/h5-11,21H,1-4H3;4-10H,1-3H3;2-8H,16H2,1H3;1-7H;4-6H,3H2,1-2H3;1-4H;6H,3-5H2,1-2H3;1-3H,(H,5,6);5H2,1-3H3;1H/t11-,24?;;8-;;6-;;;;7-;/m0.0.1...0./s1. The summed E-state index contributed by atoms with van der Waals surface area (Å²) in [6, 6.07) is 23.6. The monoisotopic (exact) mass is 2050 g/mol. The molecule has 26 nitrogen and oxygen atoms in total. The Morgan fingerprint density at radius 3 is 1.26 bits per heavy atom. The third-order valence-corrected chi connectivity index (χ3v) is 21.8. The molecule has 12 rings (SSSR count). The number of aromatic nitrogens is 13. The first-order valence-corrected chi connectivity index (χ1v) is 43.3. The van der Waals surface area contributed by atoms with Crippen molar-refractivity contribution in [3.05, 3.63) is 255 Å². The number of nitrogens with one attached hydrogen (secondary N) is 3. The molecule has 0 saturated carbocycles. The van der Waals surface area contributed by atoms with E-state index in [2.05, 4.69) is 66.2 Å². The van der Waals surface area contributed by atoms with Gasteiger partial charge in [0.15, 0.2) is 12.6 Å². The molecule has 1 aliphatic heterocycles. The van der Waals surface area contributed by atoms with Crippen molar-refractivity contribution in [1.82, 2.24) is 73.2 Å². The number of anilines is 1. The maximum Gasteiger partial charge on any atom is 0.417 e. The molecule has 6 aromatic heterocycles. The molecule has 712 valence electrons. The minimum Gasteiger partial charge on any atom is -0.447 e. The number of nitrogens with zero attached hydrogens (tertiary/aromatic N) is 14. The number of alkyl halides is 15. The molecule has 1 amide bonds. The molecule has 130 heavy (non-hydrogen) atoms. The number of aromatic amines is 1. The quantitative estimate of drug-likeness (QED) is 0.0186. The fourth-order valence-corrected chi connectivity index (χ4v) is 11.1. The van der Waals surface area contributed by atoms with Gasteiger partial charge >= 0.3 is 37.0 Å². The van der Waals surface area contributed by atoms with Gasteiger partial charge in [-0.05, 0) is 258 Å². The zero-order valence-corrected chi connectivity index (χ0v) is 78.8. The molecular formula is C83H99Cl2F15IN19O7S3. The number of hydrogen-bond acceptors (Lipinski definition) is 17. The Bertz CT molecular complexity index is 5330. The summed E-state index contributed by atoms with van der Waals surface area (Å²) in [7, 11) is -1.83. The van der Waals surface area contributed by atoms with E-state index in [9.17, 15) is 92.9 Å². The number of cyclic esters (lactones) is 1. The summed E-state index contributed by atoms with van der Waals surface area (Å²) in [6.45, 7) is 27.9. The van der Waals surface area contributed by atoms with Crippen LogP contribution in [0.25, 0.3) is 22.7 Å². The van der Waals surface area contributed by atoms with Crippen LogP contribution in [0, 0.1) is 9.49 Å². The number of benzene rings is 5. The Balaban J connectivity index is 0.000000388. The summed E-state index contributed by atoms with van der Waals surface area (Å²) < 4.78 is 237. The van der Waals surface area contributed by atoms with Gasteiger partial charge in [0.2, 0.25) is 11.2 Å². The highest BCUT2D eigenvalue weighted by Gasteiger charge is 2.39. The third kappa shape index (κ3) is 39.6. The highest BCUT2D eigenvalue weighted by molar-refractivity contribution is 14.1. The average Bonchev–Trinajstić information content (AvgIpc) is 1.62. The Kier molecular flexibility index (Phi) is 45.4. The van der Waals surface area contributed by atoms with Gasteiger partial charge in [-0.15, -0.1) is 12.4 Å². The first-order valence-electron chi connectivity index (χ1n) is 38.4. The Morgan fingerprint density at radius 2 is 0.954 bits per heavy atom. The molecule has 0 aliphatic carbocycles. The molecule has 11 aromatic rings. The number of aldehydes is 2. The first kappa shape index (κ1) is 114. The third-order valence-electron chi connectivity index (χ3n) is 16.7. The van der Waals surface area contributed by atoms with E-state index in [0.717, 1.165) is 70.8 Å². The van der Waals surface area contributed by atoms with E-state index in [1.54, 1.807) is 60.0 Å². The van der Waals surface area contributed by atoms with E-state index >= 15 is 0 Å². The van der Waals surface area contributed by atoms with Crippen LogP contribution in [0.15, 0.2) is 195 Å². The number of imidazole rings is 5. The molecule has 0 bridgehead atoms. The topological polar surface area (TPSA) is 342 Å². The van der Waals surface area contributed by atoms with Gasteiger partial charge in [-0.3, -0.25) is 14.7 Å². The fraction of sp³-hybridized carbons (Fsp3) is 0.373. The van der Waals surface area contributed by atoms with Crippen molar-refractivity contribution < 1.29 is 97.6 Å². The van der Waals surface area contributed by atoms with Gasteiger partial charge in [-0.25, -0.2) is 61.9 Å². The van der Waals surface area contributed by atoms with Crippen LogP contribution in [-0.2, 0) is 68.6 Å². The van der Waals surface area contributed by atoms with Gasteiger partial charge in [0, 0.05) is 57.1 Å². The number of halogens is 18. The van der Waals surface area contributed by atoms with Crippen LogP contribution >= 0.6 is 46.6 Å². The van der Waals surface area contributed by atoms with Crippen LogP contribution in [-0.4, -0.2) is 141 Å². The van der Waals surface area contributed by atoms with E-state index in [1.807, 2.05) is 92.0 Å². The molecule has 2 unspecified atom stereocenters. The molecule has 1 saturated heterocycles. The number of hydrogen-bond donors (Lipinski definition) is 5. The van der Waals surface area contributed by atoms with Crippen molar-refractivity contribution in [2.45, 2.75) is 173 Å². The molecule has 0 spiro atoms. The van der Waals surface area contributed by atoms with Crippen molar-refractivity contribution in [2.75, 3.05) is 25.1 Å². The first-order chi connectivity index (χ1) is 59.8. The van der Waals surface area contributed by atoms with Crippen LogP contribution < -0.4 is 25.8 Å². The van der Waals surface area contributed by atoms with E-state index < -0.39 is 107 Å². The predicted octanol–water partition coefficient (Wildman–Crippen LogP) is 20.3. The van der Waals surface area contributed by atoms with E-state index in [0.29, 0.717) is 64.7 Å². The number of carbonyl (C=O) groups is 3. The fourth-order valence-electron chi connectivity index (χ4n) is 9.32. The highest BCUT2D eigenvalue weighted by atomic mass is 127. The van der Waals surface area contributed by atoms with Crippen molar-refractivity contribution in [2.24, 2.45) is 21.2 Å². The van der Waals surface area contributed by atoms with E-state index in [1.165, 1.54) is 140 Å². The van der Waals surface area contributed by atoms with Gasteiger partial charge in [0.05, 0.1) is 131 Å². The maximum absolute atomic E-state index is 12.6. The summed E-state index contributed by atoms with van der Waals surface area (Å²) >= 11 is 7.61. The van der Waals surface area contributed by atoms with E-state index in [-0.39, 0.29) is 58.1 Å². The normalized spacial score (nSPS) is 14.0. The summed E-state index contributed by atoms with van der Waals surface area (Å²) in [5.74, 6) is 0.489. The minimum absolute atomic E-state index is 0. The minimum atomic E-state index is -4.36. The van der Waals surface area contributed by atoms with Crippen LogP contribution in [0.2, 0.25) is 5.28 Å². The molecule has 47 heteroatoms. The SMILES string of the molecule is CC(C)(C)S(=O)N=Cc1cn(-c2ccc(C(F)(F)F)cc2)cn1.CC(C)(C)[S@@](N)=O.CC(C)[C@H]1COC(=O)N1c1ncnc(Cl)n1.CCCCNC.C[C@H](N)c1cn(-c2ccc(C(F)(F)F)cc2)cn1.C[C@H](NS(=O)C(C)(C)C)c1cn(-c2ccc(C(F)(F)F)cc2)cn1.Cl.FC(F)(F)c1ccc(I)cc1.O=Cc1cn(-c2ccc(C(F)(F)F)cc2)cn1.O=Cc1cnc[nH]1. The summed E-state index contributed by atoms with van der Waals surface area (Å²) in [4.78, 5) is 67.0. The Labute approximate surface area is 773 Å². The molecule has 6 atom stereocenters. The van der Waals surface area contributed by atoms with Crippen molar-refractivity contribution in [1.29, 1.82) is 0 Å². The molecule has 5 aromatic carbocycles. The number of ether oxygens (including phenoxy) is 1. The summed E-state index contributed by atoms with van der Waals surface area (Å²) in [5, 5.41) is 8.17. The lowest BCUT2D eigenvalue weighted by atomic mass is 10.1. The zero-order chi connectivity index (χ0) is 97.4. The van der Waals surface area contributed by atoms with Crippen molar-refractivity contribution in [3.8, 4) is 22.7 Å². The number of H-pyrrole nitrogens is 1. The van der Waals surface area contributed by atoms with Crippen LogP contribution in [0.4, 0.5) is 76.6 Å². The second kappa shape index (κ2) is 51.7. The van der Waals surface area contributed by atoms with Gasteiger partial charge in [-0.1, -0.05) is 27.2 Å². The second-order valence-corrected chi connectivity index (χ2v) is 37.9. The zero-order valence-electron chi connectivity index (χ0n) is 72.6. The summed E-state index contributed by atoms with van der Waals surface area (Å²) in [6.07, 6.45) is -0.229. The lowest BCUT2D eigenvalue weighted by Gasteiger charge is -2.21. The molecule has 0 radical (unpaired) electrons. The number of amides is 1. The largest absolute Gasteiger partial charge is 0.447 e. The summed E-state index contributed by atoms with van der Waals surface area (Å²) in [5.41, 5.74) is 7.10. The van der Waals surface area contributed by atoms with Crippen molar-refractivity contribution in [3.63, 3.8) is 0 Å². The van der Waals surface area contributed by atoms with E-state index in [4.69, 9.17) is 27.2 Å². The average molecular weight is 2050 g/mol.